The zero-order valence-corrected chi connectivity index (χ0v) is 11.3. The normalized spacial score (nSPS) is 18.7. The number of aromatic nitrogens is 1. The monoisotopic (exact) mass is 261 g/mol. The fourth-order valence-corrected chi connectivity index (χ4v) is 2.92. The molecular weight excluding hydrogens is 242 g/mol. The lowest BCUT2D eigenvalue weighted by Gasteiger charge is -2.26. The summed E-state index contributed by atoms with van der Waals surface area (Å²) in [5.74, 6) is -0.326. The first-order valence-electron chi connectivity index (χ1n) is 6.58. The number of fused-ring (bicyclic) bond motifs is 1. The SMILES string of the molecule is CNC(c1ccc2oc(=O)n(C)c2c1)C1(CN)CC1. The van der Waals surface area contributed by atoms with Crippen LogP contribution in [-0.4, -0.2) is 18.2 Å². The van der Waals surface area contributed by atoms with Crippen LogP contribution in [0.25, 0.3) is 11.1 Å². The number of oxazole rings is 1. The molecule has 102 valence electrons. The molecule has 0 saturated heterocycles. The Labute approximate surface area is 111 Å². The van der Waals surface area contributed by atoms with Gasteiger partial charge in [0.1, 0.15) is 0 Å². The van der Waals surface area contributed by atoms with E-state index in [9.17, 15) is 4.79 Å². The van der Waals surface area contributed by atoms with Crippen LogP contribution in [0.15, 0.2) is 27.4 Å². The van der Waals surface area contributed by atoms with E-state index in [0.717, 1.165) is 23.9 Å². The van der Waals surface area contributed by atoms with Crippen LogP contribution >= 0.6 is 0 Å². The van der Waals surface area contributed by atoms with Gasteiger partial charge in [-0.15, -0.1) is 0 Å². The third-order valence-electron chi connectivity index (χ3n) is 4.35. The van der Waals surface area contributed by atoms with Crippen molar-refractivity contribution >= 4 is 11.1 Å². The van der Waals surface area contributed by atoms with Crippen LogP contribution in [0.5, 0.6) is 0 Å². The molecule has 5 heteroatoms. The molecule has 19 heavy (non-hydrogen) atoms. The van der Waals surface area contributed by atoms with Gasteiger partial charge in [-0.05, 0) is 44.1 Å². The molecule has 1 heterocycles. The van der Waals surface area contributed by atoms with E-state index >= 15 is 0 Å². The Balaban J connectivity index is 2.09. The number of benzene rings is 1. The van der Waals surface area contributed by atoms with E-state index in [0.29, 0.717) is 12.1 Å². The molecule has 3 N–H and O–H groups in total. The number of hydrogen-bond donors (Lipinski definition) is 2. The predicted octanol–water partition coefficient (Wildman–Crippen LogP) is 1.13. The van der Waals surface area contributed by atoms with Crippen molar-refractivity contribution in [1.82, 2.24) is 9.88 Å². The summed E-state index contributed by atoms with van der Waals surface area (Å²) >= 11 is 0. The Morgan fingerprint density at radius 1 is 1.53 bits per heavy atom. The van der Waals surface area contributed by atoms with Crippen LogP contribution in [0.3, 0.4) is 0 Å². The molecular formula is C14H19N3O2. The van der Waals surface area contributed by atoms with E-state index in [1.54, 1.807) is 7.05 Å². The molecule has 1 aliphatic rings. The van der Waals surface area contributed by atoms with Crippen LogP contribution in [0.2, 0.25) is 0 Å². The number of rotatable bonds is 4. The third-order valence-corrected chi connectivity index (χ3v) is 4.35. The number of hydrogen-bond acceptors (Lipinski definition) is 4. The van der Waals surface area contributed by atoms with Crippen molar-refractivity contribution in [3.8, 4) is 0 Å². The summed E-state index contributed by atoms with van der Waals surface area (Å²) in [5.41, 5.74) is 8.71. The highest BCUT2D eigenvalue weighted by Crippen LogP contribution is 2.54. The molecule has 1 fully saturated rings. The minimum atomic E-state index is -0.326. The van der Waals surface area contributed by atoms with Gasteiger partial charge in [0.05, 0.1) is 5.52 Å². The van der Waals surface area contributed by atoms with Gasteiger partial charge in [-0.2, -0.15) is 0 Å². The Morgan fingerprint density at radius 2 is 2.26 bits per heavy atom. The number of aryl methyl sites for hydroxylation is 1. The molecule has 5 nitrogen and oxygen atoms in total. The maximum Gasteiger partial charge on any atom is 0.419 e. The van der Waals surface area contributed by atoms with Crippen LogP contribution in [0.4, 0.5) is 0 Å². The Morgan fingerprint density at radius 3 is 2.84 bits per heavy atom. The van der Waals surface area contributed by atoms with Crippen molar-refractivity contribution in [2.45, 2.75) is 18.9 Å². The van der Waals surface area contributed by atoms with E-state index < -0.39 is 0 Å². The number of nitrogens with zero attached hydrogens (tertiary/aromatic N) is 1. The highest BCUT2D eigenvalue weighted by atomic mass is 16.4. The van der Waals surface area contributed by atoms with Crippen molar-refractivity contribution < 1.29 is 4.42 Å². The molecule has 0 amide bonds. The molecule has 0 bridgehead atoms. The highest BCUT2D eigenvalue weighted by molar-refractivity contribution is 5.74. The third kappa shape index (κ3) is 1.81. The first-order valence-corrected chi connectivity index (χ1v) is 6.58. The van der Waals surface area contributed by atoms with Crippen molar-refractivity contribution in [2.24, 2.45) is 18.2 Å². The summed E-state index contributed by atoms with van der Waals surface area (Å²) < 4.78 is 6.69. The molecule has 1 aromatic carbocycles. The topological polar surface area (TPSA) is 73.2 Å². The van der Waals surface area contributed by atoms with Gasteiger partial charge >= 0.3 is 5.76 Å². The Hall–Kier alpha value is -1.59. The summed E-state index contributed by atoms with van der Waals surface area (Å²) in [6.45, 7) is 0.681. The minimum Gasteiger partial charge on any atom is -0.408 e. The maximum atomic E-state index is 11.5. The molecule has 3 rings (SSSR count). The molecule has 2 aromatic rings. The first kappa shape index (κ1) is 12.4. The van der Waals surface area contributed by atoms with Gasteiger partial charge in [-0.1, -0.05) is 6.07 Å². The Bertz CT molecular complexity index is 667. The van der Waals surface area contributed by atoms with Crippen LogP contribution < -0.4 is 16.8 Å². The van der Waals surface area contributed by atoms with Gasteiger partial charge in [-0.25, -0.2) is 4.79 Å². The molecule has 0 spiro atoms. The largest absolute Gasteiger partial charge is 0.419 e. The fraction of sp³-hybridized carbons (Fsp3) is 0.500. The smallest absolute Gasteiger partial charge is 0.408 e. The molecule has 0 aliphatic heterocycles. The lowest BCUT2D eigenvalue weighted by atomic mass is 9.90. The molecule has 1 atom stereocenters. The zero-order chi connectivity index (χ0) is 13.6. The number of nitrogens with one attached hydrogen (secondary N) is 1. The van der Waals surface area contributed by atoms with Gasteiger partial charge in [0.2, 0.25) is 0 Å². The van der Waals surface area contributed by atoms with E-state index in [4.69, 9.17) is 10.2 Å². The van der Waals surface area contributed by atoms with Gasteiger partial charge in [0, 0.05) is 18.5 Å². The Kier molecular flexibility index (Phi) is 2.76. The van der Waals surface area contributed by atoms with Gasteiger partial charge < -0.3 is 15.5 Å². The molecule has 1 aliphatic carbocycles. The van der Waals surface area contributed by atoms with Gasteiger partial charge in [0.25, 0.3) is 0 Å². The van der Waals surface area contributed by atoms with E-state index in [1.165, 1.54) is 4.57 Å². The van der Waals surface area contributed by atoms with Crippen molar-refractivity contribution in [3.63, 3.8) is 0 Å². The second kappa shape index (κ2) is 4.21. The van der Waals surface area contributed by atoms with Crippen LogP contribution in [0, 0.1) is 5.41 Å². The summed E-state index contributed by atoms with van der Waals surface area (Å²) in [6.07, 6.45) is 2.30. The summed E-state index contributed by atoms with van der Waals surface area (Å²) in [6, 6.07) is 6.13. The summed E-state index contributed by atoms with van der Waals surface area (Å²) in [7, 11) is 3.68. The predicted molar refractivity (Wildman–Crippen MR) is 74.0 cm³/mol. The summed E-state index contributed by atoms with van der Waals surface area (Å²) in [4.78, 5) is 11.5. The standard InChI is InChI=1S/C14H19N3O2/c1-16-12(14(8-15)5-6-14)9-3-4-11-10(7-9)17(2)13(18)19-11/h3-4,7,12,16H,5-6,8,15H2,1-2H3. The lowest BCUT2D eigenvalue weighted by Crippen LogP contribution is -2.32. The van der Waals surface area contributed by atoms with Crippen LogP contribution in [0.1, 0.15) is 24.4 Å². The first-order chi connectivity index (χ1) is 9.11. The molecule has 0 radical (unpaired) electrons. The lowest BCUT2D eigenvalue weighted by molar-refractivity contribution is 0.367. The second-order valence-corrected chi connectivity index (χ2v) is 5.44. The van der Waals surface area contributed by atoms with Crippen molar-refractivity contribution in [2.75, 3.05) is 13.6 Å². The van der Waals surface area contributed by atoms with Gasteiger partial charge in [-0.3, -0.25) is 4.57 Å². The molecule has 1 unspecified atom stereocenters. The summed E-state index contributed by atoms with van der Waals surface area (Å²) in [5, 5.41) is 3.37. The second-order valence-electron chi connectivity index (χ2n) is 5.44. The molecule has 1 saturated carbocycles. The van der Waals surface area contributed by atoms with Crippen molar-refractivity contribution in [1.29, 1.82) is 0 Å². The van der Waals surface area contributed by atoms with E-state index in [-0.39, 0.29) is 17.2 Å². The van der Waals surface area contributed by atoms with Crippen LogP contribution in [-0.2, 0) is 7.05 Å². The fourth-order valence-electron chi connectivity index (χ4n) is 2.92. The van der Waals surface area contributed by atoms with Crippen molar-refractivity contribution in [3.05, 3.63) is 34.3 Å². The van der Waals surface area contributed by atoms with E-state index in [1.807, 2.05) is 25.2 Å². The van der Waals surface area contributed by atoms with E-state index in [2.05, 4.69) is 5.32 Å². The van der Waals surface area contributed by atoms with Gasteiger partial charge in [0.15, 0.2) is 5.58 Å². The average molecular weight is 261 g/mol. The maximum absolute atomic E-state index is 11.5. The number of nitrogens with two attached hydrogens (primary N) is 1. The average Bonchev–Trinajstić information content (AvgIpc) is 3.15. The highest BCUT2D eigenvalue weighted by Gasteiger charge is 2.48. The minimum absolute atomic E-state index is 0.172. The molecule has 1 aromatic heterocycles. The zero-order valence-electron chi connectivity index (χ0n) is 11.3. The quantitative estimate of drug-likeness (QED) is 0.865.